The van der Waals surface area contributed by atoms with E-state index in [2.05, 4.69) is 62.1 Å². The second-order valence-corrected chi connectivity index (χ2v) is 5.64. The first-order valence-corrected chi connectivity index (χ1v) is 6.66. The quantitative estimate of drug-likeness (QED) is 0.842. The van der Waals surface area contributed by atoms with Crippen molar-refractivity contribution in [1.82, 2.24) is 15.5 Å². The Bertz CT molecular complexity index is 357. The first-order chi connectivity index (χ1) is 8.36. The molecule has 0 saturated heterocycles. The highest BCUT2D eigenvalue weighted by Crippen LogP contribution is 2.22. The van der Waals surface area contributed by atoms with E-state index >= 15 is 0 Å². The summed E-state index contributed by atoms with van der Waals surface area (Å²) in [6.45, 7) is 11.6. The standard InChI is InChI=1S/C14H26N4/c1-7-14(4,5)18(6)13-9-8-12(16-17-13)10-15-11(2)3/h8-9,11,15H,7,10H2,1-6H3. The lowest BCUT2D eigenvalue weighted by Gasteiger charge is -2.35. The van der Waals surface area contributed by atoms with Gasteiger partial charge in [0.1, 0.15) is 0 Å². The van der Waals surface area contributed by atoms with Crippen molar-refractivity contribution in [2.75, 3.05) is 11.9 Å². The van der Waals surface area contributed by atoms with Gasteiger partial charge in [0.05, 0.1) is 5.69 Å². The van der Waals surface area contributed by atoms with Crippen molar-refractivity contribution in [2.45, 2.75) is 59.2 Å². The van der Waals surface area contributed by atoms with Crippen molar-refractivity contribution in [1.29, 1.82) is 0 Å². The van der Waals surface area contributed by atoms with Gasteiger partial charge in [0.15, 0.2) is 5.82 Å². The molecule has 0 amide bonds. The Kier molecular flexibility index (Phi) is 5.08. The van der Waals surface area contributed by atoms with Crippen LogP contribution >= 0.6 is 0 Å². The summed E-state index contributed by atoms with van der Waals surface area (Å²) in [7, 11) is 2.07. The molecule has 0 atom stereocenters. The lowest BCUT2D eigenvalue weighted by molar-refractivity contribution is 0.465. The summed E-state index contributed by atoms with van der Waals surface area (Å²) in [5.74, 6) is 0.926. The van der Waals surface area contributed by atoms with Gasteiger partial charge in [-0.25, -0.2) is 0 Å². The third-order valence-electron chi connectivity index (χ3n) is 3.51. The highest BCUT2D eigenvalue weighted by Gasteiger charge is 2.22. The molecule has 1 N–H and O–H groups in total. The minimum absolute atomic E-state index is 0.104. The van der Waals surface area contributed by atoms with E-state index in [1.807, 2.05) is 12.1 Å². The lowest BCUT2D eigenvalue weighted by Crippen LogP contribution is -2.41. The predicted molar refractivity (Wildman–Crippen MR) is 76.8 cm³/mol. The van der Waals surface area contributed by atoms with Crippen LogP contribution in [0.3, 0.4) is 0 Å². The maximum atomic E-state index is 4.31. The molecule has 0 fully saturated rings. The van der Waals surface area contributed by atoms with Crippen LogP contribution in [0.25, 0.3) is 0 Å². The Morgan fingerprint density at radius 2 is 1.94 bits per heavy atom. The van der Waals surface area contributed by atoms with Gasteiger partial charge in [-0.1, -0.05) is 20.8 Å². The minimum atomic E-state index is 0.104. The normalized spacial score (nSPS) is 11.9. The Balaban J connectivity index is 2.70. The molecule has 0 aliphatic carbocycles. The van der Waals surface area contributed by atoms with E-state index in [9.17, 15) is 0 Å². The van der Waals surface area contributed by atoms with Crippen LogP contribution in [0, 0.1) is 0 Å². The fraction of sp³-hybridized carbons (Fsp3) is 0.714. The summed E-state index contributed by atoms with van der Waals surface area (Å²) < 4.78 is 0. The van der Waals surface area contributed by atoms with E-state index in [4.69, 9.17) is 0 Å². The average Bonchev–Trinajstić information content (AvgIpc) is 2.36. The summed E-state index contributed by atoms with van der Waals surface area (Å²) in [5.41, 5.74) is 1.09. The molecule has 0 bridgehead atoms. The van der Waals surface area contributed by atoms with Gasteiger partial charge < -0.3 is 10.2 Å². The Labute approximate surface area is 111 Å². The number of hydrogen-bond acceptors (Lipinski definition) is 4. The molecule has 0 aliphatic rings. The molecule has 1 aromatic heterocycles. The SMILES string of the molecule is CCC(C)(C)N(C)c1ccc(CNC(C)C)nn1. The second kappa shape index (κ2) is 6.14. The van der Waals surface area contributed by atoms with E-state index in [1.165, 1.54) is 0 Å². The van der Waals surface area contributed by atoms with Crippen LogP contribution in [0.1, 0.15) is 46.7 Å². The molecule has 102 valence electrons. The third-order valence-corrected chi connectivity index (χ3v) is 3.51. The number of nitrogens with zero attached hydrogens (tertiary/aromatic N) is 3. The Morgan fingerprint density at radius 1 is 1.28 bits per heavy atom. The van der Waals surface area contributed by atoms with Gasteiger partial charge in [0.25, 0.3) is 0 Å². The van der Waals surface area contributed by atoms with Crippen LogP contribution in [-0.4, -0.2) is 28.8 Å². The fourth-order valence-corrected chi connectivity index (χ4v) is 1.48. The van der Waals surface area contributed by atoms with Gasteiger partial charge in [-0.05, 0) is 32.4 Å². The summed E-state index contributed by atoms with van der Waals surface area (Å²) in [4.78, 5) is 2.18. The van der Waals surface area contributed by atoms with E-state index in [1.54, 1.807) is 0 Å². The Hall–Kier alpha value is -1.16. The fourth-order valence-electron chi connectivity index (χ4n) is 1.48. The first-order valence-electron chi connectivity index (χ1n) is 6.66. The van der Waals surface area contributed by atoms with Crippen LogP contribution in [0.2, 0.25) is 0 Å². The molecule has 18 heavy (non-hydrogen) atoms. The van der Waals surface area contributed by atoms with Crippen molar-refractivity contribution >= 4 is 5.82 Å². The van der Waals surface area contributed by atoms with Crippen molar-refractivity contribution in [2.24, 2.45) is 0 Å². The van der Waals surface area contributed by atoms with Crippen molar-refractivity contribution in [3.8, 4) is 0 Å². The van der Waals surface area contributed by atoms with Crippen molar-refractivity contribution < 1.29 is 0 Å². The third kappa shape index (κ3) is 3.95. The van der Waals surface area contributed by atoms with E-state index in [-0.39, 0.29) is 5.54 Å². The highest BCUT2D eigenvalue weighted by molar-refractivity contribution is 5.39. The number of anilines is 1. The topological polar surface area (TPSA) is 41.0 Å². The van der Waals surface area contributed by atoms with E-state index in [0.717, 1.165) is 24.5 Å². The van der Waals surface area contributed by atoms with Crippen LogP contribution in [0.4, 0.5) is 5.82 Å². The molecular weight excluding hydrogens is 224 g/mol. The summed E-state index contributed by atoms with van der Waals surface area (Å²) in [6.07, 6.45) is 1.07. The molecule has 0 aliphatic heterocycles. The van der Waals surface area contributed by atoms with E-state index in [0.29, 0.717) is 6.04 Å². The number of hydrogen-bond donors (Lipinski definition) is 1. The zero-order chi connectivity index (χ0) is 13.8. The molecule has 0 spiro atoms. The maximum absolute atomic E-state index is 4.31. The average molecular weight is 250 g/mol. The smallest absolute Gasteiger partial charge is 0.151 e. The van der Waals surface area contributed by atoms with Gasteiger partial charge in [0, 0.05) is 25.2 Å². The second-order valence-electron chi connectivity index (χ2n) is 5.64. The molecule has 0 radical (unpaired) electrons. The molecule has 1 rings (SSSR count). The molecular formula is C14H26N4. The molecule has 0 saturated carbocycles. The number of nitrogens with one attached hydrogen (secondary N) is 1. The predicted octanol–water partition coefficient (Wildman–Crippen LogP) is 2.60. The highest BCUT2D eigenvalue weighted by atomic mass is 15.3. The van der Waals surface area contributed by atoms with Gasteiger partial charge >= 0.3 is 0 Å². The first kappa shape index (κ1) is 14.9. The van der Waals surface area contributed by atoms with Crippen molar-refractivity contribution in [3.63, 3.8) is 0 Å². The summed E-state index contributed by atoms with van der Waals surface area (Å²) >= 11 is 0. The summed E-state index contributed by atoms with van der Waals surface area (Å²) in [5, 5.41) is 11.9. The molecule has 1 heterocycles. The lowest BCUT2D eigenvalue weighted by atomic mass is 10.0. The van der Waals surface area contributed by atoms with Crippen molar-refractivity contribution in [3.05, 3.63) is 17.8 Å². The van der Waals surface area contributed by atoms with Gasteiger partial charge in [-0.15, -0.1) is 5.10 Å². The van der Waals surface area contributed by atoms with Gasteiger partial charge in [0.2, 0.25) is 0 Å². The minimum Gasteiger partial charge on any atom is -0.353 e. The maximum Gasteiger partial charge on any atom is 0.151 e. The van der Waals surface area contributed by atoms with Crippen LogP contribution in [-0.2, 0) is 6.54 Å². The monoisotopic (exact) mass is 250 g/mol. The zero-order valence-corrected chi connectivity index (χ0v) is 12.5. The number of rotatable bonds is 6. The molecule has 1 aromatic rings. The zero-order valence-electron chi connectivity index (χ0n) is 12.5. The Morgan fingerprint density at radius 3 is 2.39 bits per heavy atom. The van der Waals surface area contributed by atoms with E-state index < -0.39 is 0 Å². The summed E-state index contributed by atoms with van der Waals surface area (Å²) in [6, 6.07) is 4.55. The van der Waals surface area contributed by atoms with Crippen LogP contribution in [0.5, 0.6) is 0 Å². The molecule has 0 aromatic carbocycles. The molecule has 4 heteroatoms. The van der Waals surface area contributed by atoms with Gasteiger partial charge in [-0.3, -0.25) is 0 Å². The van der Waals surface area contributed by atoms with Gasteiger partial charge in [-0.2, -0.15) is 5.10 Å². The number of aromatic nitrogens is 2. The van der Waals surface area contributed by atoms with Crippen LogP contribution in [0.15, 0.2) is 12.1 Å². The van der Waals surface area contributed by atoms with Crippen LogP contribution < -0.4 is 10.2 Å². The molecule has 0 unspecified atom stereocenters. The largest absolute Gasteiger partial charge is 0.353 e. The molecule has 4 nitrogen and oxygen atoms in total.